The van der Waals surface area contributed by atoms with Gasteiger partial charge in [-0.25, -0.2) is 4.98 Å². The molecule has 148 valence electrons. The normalized spacial score (nSPS) is 16.1. The number of benzene rings is 1. The van der Waals surface area contributed by atoms with Gasteiger partial charge in [0.2, 0.25) is 5.95 Å². The van der Waals surface area contributed by atoms with Gasteiger partial charge in [-0.2, -0.15) is 4.52 Å². The van der Waals surface area contributed by atoms with E-state index in [-0.39, 0.29) is 5.56 Å². The molecule has 0 spiro atoms. The molecule has 0 bridgehead atoms. The molecule has 0 saturated carbocycles. The minimum atomic E-state index is -0.131. The molecule has 1 aliphatic rings. The zero-order chi connectivity index (χ0) is 19.9. The Morgan fingerprint density at radius 3 is 2.43 bits per heavy atom. The molecule has 3 heterocycles. The van der Waals surface area contributed by atoms with Crippen LogP contribution < -0.4 is 10.5 Å². The summed E-state index contributed by atoms with van der Waals surface area (Å²) in [6, 6.07) is 9.76. The van der Waals surface area contributed by atoms with Gasteiger partial charge in [-0.1, -0.05) is 58.0 Å². The van der Waals surface area contributed by atoms with Crippen molar-refractivity contribution in [1.82, 2.24) is 19.6 Å². The predicted octanol–water partition coefficient (Wildman–Crippen LogP) is 3.91. The number of fused-ring (bicyclic) bond motifs is 1. The van der Waals surface area contributed by atoms with E-state index in [1.54, 1.807) is 4.52 Å². The molecule has 2 aromatic heterocycles. The SMILES string of the molecule is CCc1nc(N2CCC(C(C)(C)C)CC2)n2nc(-c3ccccc3)[nH]c(=O)c12. The lowest BCUT2D eigenvalue weighted by Gasteiger charge is -2.38. The van der Waals surface area contributed by atoms with Crippen molar-refractivity contribution in [2.75, 3.05) is 18.0 Å². The zero-order valence-corrected chi connectivity index (χ0v) is 17.2. The van der Waals surface area contributed by atoms with Crippen LogP contribution in [0, 0.1) is 11.3 Å². The van der Waals surface area contributed by atoms with Crippen LogP contribution in [0.25, 0.3) is 16.9 Å². The number of aromatic nitrogens is 4. The van der Waals surface area contributed by atoms with Crippen LogP contribution in [0.4, 0.5) is 5.95 Å². The van der Waals surface area contributed by atoms with Gasteiger partial charge in [0, 0.05) is 18.7 Å². The lowest BCUT2D eigenvalue weighted by molar-refractivity contribution is 0.198. The average molecular weight is 380 g/mol. The molecule has 0 aliphatic carbocycles. The molecule has 1 aliphatic heterocycles. The number of piperidine rings is 1. The number of nitrogens with one attached hydrogen (secondary N) is 1. The first kappa shape index (κ1) is 18.7. The summed E-state index contributed by atoms with van der Waals surface area (Å²) in [4.78, 5) is 22.9. The van der Waals surface area contributed by atoms with Crippen molar-refractivity contribution in [3.8, 4) is 11.4 Å². The molecule has 0 amide bonds. The maximum absolute atomic E-state index is 12.9. The number of aromatic amines is 1. The Morgan fingerprint density at radius 1 is 1.14 bits per heavy atom. The van der Waals surface area contributed by atoms with Gasteiger partial charge in [0.1, 0.15) is 0 Å². The van der Waals surface area contributed by atoms with Crippen molar-refractivity contribution in [3.05, 3.63) is 46.4 Å². The van der Waals surface area contributed by atoms with Gasteiger partial charge in [0.05, 0.1) is 5.69 Å². The second-order valence-electron chi connectivity index (χ2n) is 8.77. The summed E-state index contributed by atoms with van der Waals surface area (Å²) in [5, 5.41) is 4.77. The number of hydrogen-bond donors (Lipinski definition) is 1. The summed E-state index contributed by atoms with van der Waals surface area (Å²) in [5.74, 6) is 2.07. The second kappa shape index (κ2) is 7.08. The Labute approximate surface area is 165 Å². The van der Waals surface area contributed by atoms with E-state index >= 15 is 0 Å². The number of rotatable bonds is 3. The average Bonchev–Trinajstić information content (AvgIpc) is 3.07. The summed E-state index contributed by atoms with van der Waals surface area (Å²) in [6.07, 6.45) is 2.97. The molecular formula is C22H29N5O. The second-order valence-corrected chi connectivity index (χ2v) is 8.77. The molecule has 28 heavy (non-hydrogen) atoms. The van der Waals surface area contributed by atoms with Crippen LogP contribution in [-0.4, -0.2) is 32.7 Å². The quantitative estimate of drug-likeness (QED) is 0.749. The third-order valence-electron chi connectivity index (χ3n) is 5.94. The van der Waals surface area contributed by atoms with E-state index in [9.17, 15) is 4.79 Å². The zero-order valence-electron chi connectivity index (χ0n) is 17.2. The van der Waals surface area contributed by atoms with Gasteiger partial charge < -0.3 is 9.88 Å². The van der Waals surface area contributed by atoms with E-state index in [2.05, 4.69) is 30.7 Å². The molecule has 6 heteroatoms. The van der Waals surface area contributed by atoms with Crippen molar-refractivity contribution in [2.45, 2.75) is 47.0 Å². The first-order chi connectivity index (χ1) is 13.4. The first-order valence-electron chi connectivity index (χ1n) is 10.2. The monoisotopic (exact) mass is 379 g/mol. The smallest absolute Gasteiger partial charge is 0.277 e. The van der Waals surface area contributed by atoms with E-state index in [4.69, 9.17) is 10.1 Å². The number of aryl methyl sites for hydroxylation is 1. The number of nitrogens with zero attached hydrogens (tertiary/aromatic N) is 4. The highest BCUT2D eigenvalue weighted by atomic mass is 16.1. The van der Waals surface area contributed by atoms with Gasteiger partial charge in [-0.15, -0.1) is 5.10 Å². The summed E-state index contributed by atoms with van der Waals surface area (Å²) < 4.78 is 1.76. The van der Waals surface area contributed by atoms with E-state index in [0.29, 0.717) is 29.1 Å². The van der Waals surface area contributed by atoms with Crippen LogP contribution in [-0.2, 0) is 6.42 Å². The maximum Gasteiger partial charge on any atom is 0.277 e. The third kappa shape index (κ3) is 3.32. The Bertz CT molecular complexity index is 1020. The molecule has 3 aromatic rings. The van der Waals surface area contributed by atoms with Gasteiger partial charge >= 0.3 is 0 Å². The molecule has 1 saturated heterocycles. The molecular weight excluding hydrogens is 350 g/mol. The lowest BCUT2D eigenvalue weighted by atomic mass is 9.75. The Balaban J connectivity index is 1.77. The number of imidazole rings is 1. The Kier molecular flexibility index (Phi) is 4.73. The van der Waals surface area contributed by atoms with Crippen LogP contribution in [0.15, 0.2) is 35.1 Å². The first-order valence-corrected chi connectivity index (χ1v) is 10.2. The summed E-state index contributed by atoms with van der Waals surface area (Å²) >= 11 is 0. The highest BCUT2D eigenvalue weighted by Crippen LogP contribution is 2.35. The highest BCUT2D eigenvalue weighted by molar-refractivity contribution is 5.60. The molecule has 4 rings (SSSR count). The number of anilines is 1. The predicted molar refractivity (Wildman–Crippen MR) is 113 cm³/mol. The number of hydrogen-bond acceptors (Lipinski definition) is 4. The van der Waals surface area contributed by atoms with Crippen LogP contribution in [0.1, 0.15) is 46.2 Å². The van der Waals surface area contributed by atoms with Crippen molar-refractivity contribution < 1.29 is 0 Å². The Hall–Kier alpha value is -2.63. The minimum Gasteiger partial charge on any atom is -0.341 e. The van der Waals surface area contributed by atoms with Crippen LogP contribution in [0.5, 0.6) is 0 Å². The summed E-state index contributed by atoms with van der Waals surface area (Å²) in [5.41, 5.74) is 2.46. The van der Waals surface area contributed by atoms with Crippen LogP contribution >= 0.6 is 0 Å². The van der Waals surface area contributed by atoms with Gasteiger partial charge in [-0.3, -0.25) is 4.79 Å². The van der Waals surface area contributed by atoms with E-state index in [0.717, 1.165) is 43.1 Å². The maximum atomic E-state index is 12.9. The molecule has 6 nitrogen and oxygen atoms in total. The molecule has 1 N–H and O–H groups in total. The lowest BCUT2D eigenvalue weighted by Crippen LogP contribution is -2.39. The third-order valence-corrected chi connectivity index (χ3v) is 5.94. The Morgan fingerprint density at radius 2 is 1.82 bits per heavy atom. The molecule has 0 unspecified atom stereocenters. The van der Waals surface area contributed by atoms with Gasteiger partial charge in [-0.05, 0) is 30.6 Å². The van der Waals surface area contributed by atoms with Gasteiger partial charge in [0.25, 0.3) is 5.56 Å². The van der Waals surface area contributed by atoms with Crippen LogP contribution in [0.3, 0.4) is 0 Å². The van der Waals surface area contributed by atoms with Crippen molar-refractivity contribution in [3.63, 3.8) is 0 Å². The standard InChI is InChI=1S/C22H29N5O/c1-5-17-18-20(28)24-19(15-9-7-6-8-10-15)25-27(18)21(23-17)26-13-11-16(12-14-26)22(2,3)4/h6-10,16H,5,11-14H2,1-4H3,(H,24,25,28). The molecule has 1 aromatic carbocycles. The fourth-order valence-electron chi connectivity index (χ4n) is 4.18. The van der Waals surface area contributed by atoms with Crippen LogP contribution in [0.2, 0.25) is 0 Å². The fraction of sp³-hybridized carbons (Fsp3) is 0.500. The fourth-order valence-corrected chi connectivity index (χ4v) is 4.18. The highest BCUT2D eigenvalue weighted by Gasteiger charge is 2.31. The topological polar surface area (TPSA) is 66.3 Å². The summed E-state index contributed by atoms with van der Waals surface area (Å²) in [7, 11) is 0. The largest absolute Gasteiger partial charge is 0.341 e. The van der Waals surface area contributed by atoms with Crippen molar-refractivity contribution in [1.29, 1.82) is 0 Å². The van der Waals surface area contributed by atoms with E-state index in [1.165, 1.54) is 0 Å². The minimum absolute atomic E-state index is 0.131. The molecule has 1 fully saturated rings. The van der Waals surface area contributed by atoms with Gasteiger partial charge in [0.15, 0.2) is 11.3 Å². The van der Waals surface area contributed by atoms with Crippen molar-refractivity contribution in [2.24, 2.45) is 11.3 Å². The summed E-state index contributed by atoms with van der Waals surface area (Å²) in [6.45, 7) is 10.9. The van der Waals surface area contributed by atoms with E-state index in [1.807, 2.05) is 37.3 Å². The van der Waals surface area contributed by atoms with Crippen molar-refractivity contribution >= 4 is 11.5 Å². The number of H-pyrrole nitrogens is 1. The molecule has 0 radical (unpaired) electrons. The molecule has 0 atom stereocenters. The van der Waals surface area contributed by atoms with E-state index < -0.39 is 0 Å².